The number of sulfonamides is 1. The third-order valence-electron chi connectivity index (χ3n) is 7.77. The first-order valence-electron chi connectivity index (χ1n) is 13.7. The van der Waals surface area contributed by atoms with Crippen molar-refractivity contribution in [3.8, 4) is 0 Å². The number of hydrogen-bond acceptors (Lipinski definition) is 5. The van der Waals surface area contributed by atoms with Crippen LogP contribution >= 0.6 is 0 Å². The fourth-order valence-corrected chi connectivity index (χ4v) is 7.59. The van der Waals surface area contributed by atoms with Crippen molar-refractivity contribution < 1.29 is 30.8 Å². The third-order valence-corrected chi connectivity index (χ3v) is 10.2. The molecule has 2 aromatic carbocycles. The molecular formula is C30H31F4N3O3S. The molecule has 0 amide bonds. The van der Waals surface area contributed by atoms with E-state index in [1.807, 2.05) is 0 Å². The Bertz CT molecular complexity index is 1490. The number of nitrogens with zero attached hydrogens (tertiary/aromatic N) is 2. The maximum atomic E-state index is 15.0. The Kier molecular flexibility index (Phi) is 8.86. The van der Waals surface area contributed by atoms with Gasteiger partial charge in [0, 0.05) is 56.7 Å². The summed E-state index contributed by atoms with van der Waals surface area (Å²) in [6.07, 6.45) is 4.03. The highest BCUT2D eigenvalue weighted by atomic mass is 32.2. The summed E-state index contributed by atoms with van der Waals surface area (Å²) in [5.74, 6) is -3.76. The van der Waals surface area contributed by atoms with Gasteiger partial charge in [0.1, 0.15) is 29.1 Å². The van der Waals surface area contributed by atoms with Crippen LogP contribution in [-0.4, -0.2) is 54.4 Å². The number of benzene rings is 2. The minimum absolute atomic E-state index is 0.162. The summed E-state index contributed by atoms with van der Waals surface area (Å²) in [4.78, 5) is 17.3. The summed E-state index contributed by atoms with van der Waals surface area (Å²) in [5, 5.41) is 2.88. The first-order chi connectivity index (χ1) is 19.6. The van der Waals surface area contributed by atoms with Crippen LogP contribution < -0.4 is 5.32 Å². The molecule has 0 unspecified atom stereocenters. The molecular weight excluding hydrogens is 558 g/mol. The molecule has 1 aliphatic heterocycles. The van der Waals surface area contributed by atoms with Crippen LogP contribution in [0.3, 0.4) is 0 Å². The van der Waals surface area contributed by atoms with E-state index in [1.54, 1.807) is 0 Å². The third kappa shape index (κ3) is 7.02. The topological polar surface area (TPSA) is 79.4 Å². The summed E-state index contributed by atoms with van der Waals surface area (Å²) in [6.45, 7) is 1.37. The summed E-state index contributed by atoms with van der Waals surface area (Å²) in [5.41, 5.74) is 1.39. The number of Topliss-reactive ketones (excluding diaryl/α,β-unsaturated/α-hetero) is 1. The number of piperazine rings is 1. The molecule has 0 bridgehead atoms. The lowest BCUT2D eigenvalue weighted by Crippen LogP contribution is -2.54. The van der Waals surface area contributed by atoms with Crippen molar-refractivity contribution in [2.75, 3.05) is 19.6 Å². The molecule has 2 heterocycles. The molecule has 1 saturated carbocycles. The van der Waals surface area contributed by atoms with Crippen molar-refractivity contribution in [3.05, 3.63) is 100 Å². The maximum absolute atomic E-state index is 15.0. The Morgan fingerprint density at radius 3 is 2.37 bits per heavy atom. The first kappa shape index (κ1) is 29.3. The van der Waals surface area contributed by atoms with Crippen LogP contribution in [0.15, 0.2) is 54.9 Å². The lowest BCUT2D eigenvalue weighted by atomic mass is 9.85. The molecule has 218 valence electrons. The van der Waals surface area contributed by atoms with Gasteiger partial charge in [-0.2, -0.15) is 4.31 Å². The Balaban J connectivity index is 1.34. The van der Waals surface area contributed by atoms with E-state index < -0.39 is 39.2 Å². The highest BCUT2D eigenvalue weighted by Crippen LogP contribution is 2.34. The molecule has 1 N–H and O–H groups in total. The normalized spacial score (nSPS) is 18.8. The molecule has 0 spiro atoms. The van der Waals surface area contributed by atoms with Crippen LogP contribution in [0.1, 0.15) is 53.9 Å². The van der Waals surface area contributed by atoms with Gasteiger partial charge >= 0.3 is 0 Å². The maximum Gasteiger partial charge on any atom is 0.217 e. The minimum Gasteiger partial charge on any atom is -0.314 e. The van der Waals surface area contributed by atoms with Crippen LogP contribution in [-0.2, 0) is 27.7 Å². The van der Waals surface area contributed by atoms with Crippen LogP contribution in [0.5, 0.6) is 0 Å². The van der Waals surface area contributed by atoms with Gasteiger partial charge in [-0.15, -0.1) is 0 Å². The van der Waals surface area contributed by atoms with E-state index in [4.69, 9.17) is 0 Å². The highest BCUT2D eigenvalue weighted by molar-refractivity contribution is 7.90. The van der Waals surface area contributed by atoms with E-state index in [0.717, 1.165) is 24.4 Å². The summed E-state index contributed by atoms with van der Waals surface area (Å²) < 4.78 is 84.1. The van der Waals surface area contributed by atoms with E-state index in [9.17, 15) is 26.4 Å². The van der Waals surface area contributed by atoms with Crippen molar-refractivity contribution in [1.29, 1.82) is 0 Å². The van der Waals surface area contributed by atoms with Crippen LogP contribution in [0.4, 0.5) is 17.6 Å². The Morgan fingerprint density at radius 2 is 1.68 bits per heavy atom. The van der Waals surface area contributed by atoms with E-state index in [2.05, 4.69) is 10.3 Å². The largest absolute Gasteiger partial charge is 0.314 e. The highest BCUT2D eigenvalue weighted by Gasteiger charge is 2.43. The number of halogens is 4. The monoisotopic (exact) mass is 589 g/mol. The molecule has 1 aromatic heterocycles. The fraction of sp³-hybridized carbons (Fsp3) is 0.400. The van der Waals surface area contributed by atoms with Crippen molar-refractivity contribution in [1.82, 2.24) is 14.6 Å². The number of rotatable bonds is 11. The molecule has 5 rings (SSSR count). The molecule has 11 heteroatoms. The Labute approximate surface area is 236 Å². The number of ketones is 1. The smallest absolute Gasteiger partial charge is 0.217 e. The van der Waals surface area contributed by atoms with Gasteiger partial charge in [0.25, 0.3) is 0 Å². The molecule has 1 saturated heterocycles. The van der Waals surface area contributed by atoms with Gasteiger partial charge in [-0.05, 0) is 72.2 Å². The SMILES string of the molecule is O=C(Cc1cncc(F)c1CC[C@H]1CNCCN1S(=O)(=O)C1CC1)C[C@@H](c1ccc(F)cc1)c1cc(F)cc(F)c1. The van der Waals surface area contributed by atoms with Gasteiger partial charge in [-0.25, -0.2) is 26.0 Å². The van der Waals surface area contributed by atoms with Gasteiger partial charge in [0.05, 0.1) is 11.4 Å². The zero-order valence-electron chi connectivity index (χ0n) is 22.3. The summed E-state index contributed by atoms with van der Waals surface area (Å²) in [6, 6.07) is 8.02. The fourth-order valence-electron chi connectivity index (χ4n) is 5.54. The van der Waals surface area contributed by atoms with Gasteiger partial charge in [-0.1, -0.05) is 12.1 Å². The van der Waals surface area contributed by atoms with Gasteiger partial charge in [0.2, 0.25) is 10.0 Å². The molecule has 6 nitrogen and oxygen atoms in total. The van der Waals surface area contributed by atoms with Crippen molar-refractivity contribution in [2.45, 2.75) is 55.7 Å². The second-order valence-corrected chi connectivity index (χ2v) is 12.9. The van der Waals surface area contributed by atoms with E-state index in [-0.39, 0.29) is 47.5 Å². The number of carbonyl (C=O) groups is 1. The number of carbonyl (C=O) groups excluding carboxylic acids is 1. The zero-order valence-corrected chi connectivity index (χ0v) is 23.1. The summed E-state index contributed by atoms with van der Waals surface area (Å²) >= 11 is 0. The van der Waals surface area contributed by atoms with Crippen LogP contribution in [0, 0.1) is 23.3 Å². The lowest BCUT2D eigenvalue weighted by molar-refractivity contribution is -0.118. The lowest BCUT2D eigenvalue weighted by Gasteiger charge is -2.35. The molecule has 2 atom stereocenters. The predicted octanol–water partition coefficient (Wildman–Crippen LogP) is 4.67. The Hall–Kier alpha value is -3.15. The van der Waals surface area contributed by atoms with Crippen LogP contribution in [0.25, 0.3) is 0 Å². The van der Waals surface area contributed by atoms with Gasteiger partial charge in [-0.3, -0.25) is 9.78 Å². The number of pyridine rings is 1. The number of nitrogens with one attached hydrogen (secondary N) is 1. The van der Waals surface area contributed by atoms with Gasteiger partial charge < -0.3 is 5.32 Å². The van der Waals surface area contributed by atoms with Crippen molar-refractivity contribution in [2.24, 2.45) is 0 Å². The van der Waals surface area contributed by atoms with E-state index in [0.29, 0.717) is 50.0 Å². The quantitative estimate of drug-likeness (QED) is 0.329. The average molecular weight is 590 g/mol. The second-order valence-electron chi connectivity index (χ2n) is 10.7. The molecule has 2 fully saturated rings. The number of aromatic nitrogens is 1. The first-order valence-corrected chi connectivity index (χ1v) is 15.2. The minimum atomic E-state index is -3.40. The molecule has 1 aliphatic carbocycles. The second kappa shape index (κ2) is 12.4. The number of hydrogen-bond donors (Lipinski definition) is 1. The molecule has 2 aliphatic rings. The summed E-state index contributed by atoms with van der Waals surface area (Å²) in [7, 11) is -3.40. The van der Waals surface area contributed by atoms with Crippen molar-refractivity contribution >= 4 is 15.8 Å². The zero-order chi connectivity index (χ0) is 29.1. The van der Waals surface area contributed by atoms with E-state index in [1.165, 1.54) is 34.8 Å². The Morgan fingerprint density at radius 1 is 0.976 bits per heavy atom. The molecule has 0 radical (unpaired) electrons. The van der Waals surface area contributed by atoms with Gasteiger partial charge in [0.15, 0.2) is 0 Å². The average Bonchev–Trinajstić information content (AvgIpc) is 3.78. The molecule has 41 heavy (non-hydrogen) atoms. The van der Waals surface area contributed by atoms with Crippen molar-refractivity contribution in [3.63, 3.8) is 0 Å². The predicted molar refractivity (Wildman–Crippen MR) is 146 cm³/mol. The standard InChI is InChI=1S/C30H31F4N3O3S/c31-22-3-1-19(2-4-22)29(20-11-23(32)14-24(33)12-20)15-26(38)13-21-16-36-18-30(34)28(21)8-5-25-17-35-9-10-37(25)41(39,40)27-6-7-27/h1-4,11-12,14,16,18,25,27,29,35H,5-10,13,15,17H2/t25-,29-/m0/s1. The van der Waals surface area contributed by atoms with Crippen LogP contribution in [0.2, 0.25) is 0 Å². The molecule has 3 aromatic rings. The van der Waals surface area contributed by atoms with E-state index >= 15 is 4.39 Å².